The third-order valence-electron chi connectivity index (χ3n) is 2.20. The first-order chi connectivity index (χ1) is 8.93. The van der Waals surface area contributed by atoms with E-state index in [2.05, 4.69) is 4.74 Å². The predicted octanol–water partition coefficient (Wildman–Crippen LogP) is 3.17. The summed E-state index contributed by atoms with van der Waals surface area (Å²) in [5.41, 5.74) is 0.662. The Bertz CT molecular complexity index is 484. The third-order valence-corrected chi connectivity index (χ3v) is 2.20. The highest BCUT2D eigenvalue weighted by atomic mass is 19.3. The topological polar surface area (TPSA) is 55.8 Å². The molecule has 19 heavy (non-hydrogen) atoms. The van der Waals surface area contributed by atoms with Gasteiger partial charge in [0, 0.05) is 5.57 Å². The second-order valence-electron chi connectivity index (χ2n) is 3.65. The normalized spacial score (nSPS) is 11.5. The average molecular weight is 272 g/mol. The summed E-state index contributed by atoms with van der Waals surface area (Å²) in [6.45, 7) is 0.482. The van der Waals surface area contributed by atoms with E-state index in [0.29, 0.717) is 5.56 Å². The van der Waals surface area contributed by atoms with Crippen molar-refractivity contribution in [3.8, 4) is 11.5 Å². The van der Waals surface area contributed by atoms with Gasteiger partial charge in [0.05, 0.1) is 6.61 Å². The fourth-order valence-electron chi connectivity index (χ4n) is 1.39. The number of rotatable bonds is 6. The lowest BCUT2D eigenvalue weighted by molar-refractivity contribution is -0.132. The lowest BCUT2D eigenvalue weighted by atomic mass is 10.1. The van der Waals surface area contributed by atoms with Gasteiger partial charge in [0.25, 0.3) is 0 Å². The third kappa shape index (κ3) is 4.57. The molecular formula is C13H14F2O4. The number of aliphatic carboxylic acids is 1. The molecule has 0 bridgehead atoms. The highest BCUT2D eigenvalue weighted by Gasteiger charge is 2.11. The van der Waals surface area contributed by atoms with Crippen LogP contribution in [-0.4, -0.2) is 24.3 Å². The van der Waals surface area contributed by atoms with E-state index in [1.54, 1.807) is 6.92 Å². The first kappa shape index (κ1) is 14.9. The van der Waals surface area contributed by atoms with E-state index in [1.807, 2.05) is 0 Å². The van der Waals surface area contributed by atoms with Crippen molar-refractivity contribution >= 4 is 12.0 Å². The van der Waals surface area contributed by atoms with Gasteiger partial charge in [-0.05, 0) is 37.6 Å². The minimum absolute atomic E-state index is 0.0815. The molecule has 1 N–H and O–H groups in total. The van der Waals surface area contributed by atoms with Crippen molar-refractivity contribution in [3.05, 3.63) is 29.3 Å². The molecule has 1 aromatic rings. The molecule has 0 amide bonds. The molecule has 0 aliphatic heterocycles. The maximum Gasteiger partial charge on any atom is 0.387 e. The average Bonchev–Trinajstić information content (AvgIpc) is 2.32. The van der Waals surface area contributed by atoms with Gasteiger partial charge in [0.2, 0.25) is 0 Å². The summed E-state index contributed by atoms with van der Waals surface area (Å²) < 4.78 is 33.9. The number of carbonyl (C=O) groups is 1. The summed E-state index contributed by atoms with van der Waals surface area (Å²) in [6.07, 6.45) is 1.41. The number of carboxylic acids is 1. The minimum Gasteiger partial charge on any atom is -0.490 e. The van der Waals surface area contributed by atoms with Crippen LogP contribution in [0.4, 0.5) is 8.78 Å². The Morgan fingerprint density at radius 1 is 1.42 bits per heavy atom. The molecule has 0 aromatic heterocycles. The van der Waals surface area contributed by atoms with Crippen molar-refractivity contribution in [3.63, 3.8) is 0 Å². The van der Waals surface area contributed by atoms with Gasteiger partial charge in [0.15, 0.2) is 11.5 Å². The zero-order valence-electron chi connectivity index (χ0n) is 10.5. The van der Waals surface area contributed by atoms with E-state index in [4.69, 9.17) is 9.84 Å². The van der Waals surface area contributed by atoms with Crippen LogP contribution < -0.4 is 9.47 Å². The Balaban J connectivity index is 3.08. The number of hydrogen-bond acceptors (Lipinski definition) is 3. The molecule has 0 fully saturated rings. The maximum atomic E-state index is 12.2. The van der Waals surface area contributed by atoms with E-state index in [-0.39, 0.29) is 23.7 Å². The Kier molecular flexibility index (Phi) is 5.29. The lowest BCUT2D eigenvalue weighted by Gasteiger charge is -2.11. The van der Waals surface area contributed by atoms with Crippen LogP contribution in [0.5, 0.6) is 11.5 Å². The second-order valence-corrected chi connectivity index (χ2v) is 3.65. The Hall–Kier alpha value is -2.11. The number of benzene rings is 1. The molecular weight excluding hydrogens is 258 g/mol. The minimum atomic E-state index is -2.94. The lowest BCUT2D eigenvalue weighted by Crippen LogP contribution is -2.04. The molecule has 1 aromatic carbocycles. The molecule has 104 valence electrons. The van der Waals surface area contributed by atoms with Gasteiger partial charge in [-0.25, -0.2) is 4.79 Å². The van der Waals surface area contributed by atoms with E-state index >= 15 is 0 Å². The molecule has 0 saturated heterocycles. The van der Waals surface area contributed by atoms with Gasteiger partial charge in [-0.2, -0.15) is 8.78 Å². The van der Waals surface area contributed by atoms with Crippen molar-refractivity contribution in [2.24, 2.45) is 0 Å². The molecule has 0 saturated carbocycles. The standard InChI is InChI=1S/C13H14F2O4/c1-3-18-11-7-9(6-8(2)12(16)17)4-5-10(11)19-13(14)15/h4-7,13H,3H2,1-2H3,(H,16,17)/b8-6+. The highest BCUT2D eigenvalue weighted by molar-refractivity contribution is 5.91. The van der Waals surface area contributed by atoms with Gasteiger partial charge < -0.3 is 14.6 Å². The molecule has 6 heteroatoms. The van der Waals surface area contributed by atoms with E-state index in [9.17, 15) is 13.6 Å². The second kappa shape index (κ2) is 6.72. The highest BCUT2D eigenvalue weighted by Crippen LogP contribution is 2.30. The Labute approximate surface area is 109 Å². The molecule has 0 unspecified atom stereocenters. The van der Waals surface area contributed by atoms with Crippen LogP contribution in [0.1, 0.15) is 19.4 Å². The summed E-state index contributed by atoms with van der Waals surface area (Å²) in [5.74, 6) is -0.984. The maximum absolute atomic E-state index is 12.2. The first-order valence-corrected chi connectivity index (χ1v) is 5.57. The summed E-state index contributed by atoms with van der Waals surface area (Å²) in [4.78, 5) is 10.7. The monoisotopic (exact) mass is 272 g/mol. The van der Waals surface area contributed by atoms with Gasteiger partial charge in [-0.3, -0.25) is 0 Å². The van der Waals surface area contributed by atoms with Crippen LogP contribution >= 0.6 is 0 Å². The fraction of sp³-hybridized carbons (Fsp3) is 0.308. The Morgan fingerprint density at radius 2 is 2.11 bits per heavy atom. The van der Waals surface area contributed by atoms with E-state index in [1.165, 1.54) is 31.2 Å². The van der Waals surface area contributed by atoms with E-state index < -0.39 is 12.6 Å². The van der Waals surface area contributed by atoms with Crippen LogP contribution in [0, 0.1) is 0 Å². The van der Waals surface area contributed by atoms with Gasteiger partial charge >= 0.3 is 12.6 Å². The molecule has 0 aliphatic carbocycles. The van der Waals surface area contributed by atoms with Crippen LogP contribution in [0.2, 0.25) is 0 Å². The molecule has 1 rings (SSSR count). The number of hydrogen-bond donors (Lipinski definition) is 1. The first-order valence-electron chi connectivity index (χ1n) is 5.57. The summed E-state index contributed by atoms with van der Waals surface area (Å²) in [6, 6.07) is 4.25. The molecule has 0 aliphatic rings. The zero-order valence-corrected chi connectivity index (χ0v) is 10.5. The number of halogens is 2. The molecule has 0 radical (unpaired) electrons. The van der Waals surface area contributed by atoms with Crippen molar-refractivity contribution in [2.45, 2.75) is 20.5 Å². The van der Waals surface area contributed by atoms with E-state index in [0.717, 1.165) is 0 Å². The zero-order chi connectivity index (χ0) is 14.4. The van der Waals surface area contributed by atoms with Crippen molar-refractivity contribution < 1.29 is 28.2 Å². The molecule has 0 heterocycles. The quantitative estimate of drug-likeness (QED) is 0.808. The van der Waals surface area contributed by atoms with Crippen LogP contribution in [0.3, 0.4) is 0 Å². The van der Waals surface area contributed by atoms with Crippen LogP contribution in [0.25, 0.3) is 6.08 Å². The Morgan fingerprint density at radius 3 is 2.63 bits per heavy atom. The summed E-state index contributed by atoms with van der Waals surface area (Å²) in [5, 5.41) is 8.77. The van der Waals surface area contributed by atoms with Gasteiger partial charge in [-0.15, -0.1) is 0 Å². The predicted molar refractivity (Wildman–Crippen MR) is 65.5 cm³/mol. The fourth-order valence-corrected chi connectivity index (χ4v) is 1.39. The number of ether oxygens (including phenoxy) is 2. The van der Waals surface area contributed by atoms with Crippen LogP contribution in [-0.2, 0) is 4.79 Å². The molecule has 4 nitrogen and oxygen atoms in total. The van der Waals surface area contributed by atoms with Gasteiger partial charge in [0.1, 0.15) is 0 Å². The van der Waals surface area contributed by atoms with Crippen molar-refractivity contribution in [1.29, 1.82) is 0 Å². The molecule has 0 spiro atoms. The largest absolute Gasteiger partial charge is 0.490 e. The number of carboxylic acid groups (broad SMARTS) is 1. The summed E-state index contributed by atoms with van der Waals surface area (Å²) >= 11 is 0. The smallest absolute Gasteiger partial charge is 0.387 e. The van der Waals surface area contributed by atoms with Crippen LogP contribution in [0.15, 0.2) is 23.8 Å². The molecule has 0 atom stereocenters. The van der Waals surface area contributed by atoms with Crippen molar-refractivity contribution in [2.75, 3.05) is 6.61 Å². The SMILES string of the molecule is CCOc1cc(/C=C(\C)C(=O)O)ccc1OC(F)F. The van der Waals surface area contributed by atoms with Gasteiger partial charge in [-0.1, -0.05) is 6.07 Å². The number of alkyl halides is 2. The summed E-state index contributed by atoms with van der Waals surface area (Å²) in [7, 11) is 0. The van der Waals surface area contributed by atoms with Crippen molar-refractivity contribution in [1.82, 2.24) is 0 Å².